The molecule has 10 rings (SSSR count). The smallest absolute Gasteiger partial charge is 0.160 e. The SMILES string of the molecule is c1ccc(-c2nc(-c3ccccc3)c3c(n2)-c2ccccc2C32c3ccccc3-n3c4ccccc4c4cccc2c43)cc1. The highest BCUT2D eigenvalue weighted by molar-refractivity contribution is 6.13. The monoisotopic (exact) mass is 559 g/mol. The van der Waals surface area contributed by atoms with E-state index >= 15 is 0 Å². The molecule has 3 nitrogen and oxygen atoms in total. The van der Waals surface area contributed by atoms with Crippen LogP contribution in [0.4, 0.5) is 0 Å². The van der Waals surface area contributed by atoms with Crippen LogP contribution in [-0.4, -0.2) is 14.5 Å². The van der Waals surface area contributed by atoms with Crippen LogP contribution in [0.2, 0.25) is 0 Å². The maximum Gasteiger partial charge on any atom is 0.160 e. The van der Waals surface area contributed by atoms with Crippen molar-refractivity contribution in [2.24, 2.45) is 0 Å². The van der Waals surface area contributed by atoms with Gasteiger partial charge >= 0.3 is 0 Å². The lowest BCUT2D eigenvalue weighted by molar-refractivity contribution is 0.744. The van der Waals surface area contributed by atoms with E-state index in [1.54, 1.807) is 0 Å². The van der Waals surface area contributed by atoms with Gasteiger partial charge < -0.3 is 4.57 Å². The Hall–Kier alpha value is -5.80. The molecule has 6 aromatic carbocycles. The molecule has 1 unspecified atom stereocenters. The predicted octanol–water partition coefficient (Wildman–Crippen LogP) is 9.58. The lowest BCUT2D eigenvalue weighted by atomic mass is 9.64. The molecule has 1 spiro atoms. The lowest BCUT2D eigenvalue weighted by Crippen LogP contribution is -2.34. The van der Waals surface area contributed by atoms with E-state index in [0.29, 0.717) is 0 Å². The molecule has 0 N–H and O–H groups in total. The van der Waals surface area contributed by atoms with E-state index in [4.69, 9.17) is 9.97 Å². The second kappa shape index (κ2) is 8.62. The Labute approximate surface area is 254 Å². The summed E-state index contributed by atoms with van der Waals surface area (Å²) in [6.45, 7) is 0. The van der Waals surface area contributed by atoms with Crippen LogP contribution < -0.4 is 0 Å². The van der Waals surface area contributed by atoms with E-state index in [0.717, 1.165) is 39.5 Å². The molecule has 3 heteroatoms. The van der Waals surface area contributed by atoms with Crippen molar-refractivity contribution in [2.75, 3.05) is 0 Å². The molecule has 1 atom stereocenters. The van der Waals surface area contributed by atoms with E-state index in [9.17, 15) is 0 Å². The molecule has 0 fully saturated rings. The molecule has 2 aliphatic rings. The minimum absolute atomic E-state index is 0.604. The van der Waals surface area contributed by atoms with Crippen molar-refractivity contribution in [2.45, 2.75) is 5.41 Å². The number of fused-ring (bicyclic) bond motifs is 12. The van der Waals surface area contributed by atoms with Gasteiger partial charge in [0, 0.05) is 33.0 Å². The quantitative estimate of drug-likeness (QED) is 0.211. The standard InChI is InChI=1S/C41H25N3/c1-3-14-26(15-4-1)37-36-38(43-40(42-37)27-16-5-2-6-17-27)30-19-7-9-21-31(30)41(36)32-22-10-12-25-35(32)44-34-24-11-8-18-28(34)29-20-13-23-33(41)39(29)44/h1-25H. The van der Waals surface area contributed by atoms with Gasteiger partial charge in [-0.15, -0.1) is 0 Å². The average Bonchev–Trinajstić information content (AvgIpc) is 3.60. The maximum absolute atomic E-state index is 5.44. The number of hydrogen-bond donors (Lipinski definition) is 0. The highest BCUT2D eigenvalue weighted by Gasteiger charge is 2.53. The van der Waals surface area contributed by atoms with Crippen LogP contribution in [0.25, 0.3) is 61.4 Å². The molecule has 8 aromatic rings. The van der Waals surface area contributed by atoms with Crippen LogP contribution in [0.15, 0.2) is 152 Å². The molecule has 0 amide bonds. The Balaban J connectivity index is 1.45. The Kier molecular flexibility index (Phi) is 4.65. The van der Waals surface area contributed by atoms with Gasteiger partial charge in [0.1, 0.15) is 0 Å². The van der Waals surface area contributed by atoms with Crippen LogP contribution in [0.3, 0.4) is 0 Å². The first kappa shape index (κ1) is 23.7. The zero-order valence-corrected chi connectivity index (χ0v) is 23.8. The Bertz CT molecular complexity index is 2440. The molecular formula is C41H25N3. The summed E-state index contributed by atoms with van der Waals surface area (Å²) < 4.78 is 2.47. The van der Waals surface area contributed by atoms with Crippen LogP contribution in [-0.2, 0) is 5.41 Å². The van der Waals surface area contributed by atoms with Gasteiger partial charge in [-0.05, 0) is 28.8 Å². The number of benzene rings is 6. The van der Waals surface area contributed by atoms with Crippen LogP contribution >= 0.6 is 0 Å². The molecule has 0 radical (unpaired) electrons. The normalized spacial score (nSPS) is 15.8. The Morgan fingerprint density at radius 2 is 1.07 bits per heavy atom. The summed E-state index contributed by atoms with van der Waals surface area (Å²) in [4.78, 5) is 10.9. The summed E-state index contributed by atoms with van der Waals surface area (Å²) in [5.41, 5.74) is 13.2. The van der Waals surface area contributed by atoms with Crippen molar-refractivity contribution in [3.63, 3.8) is 0 Å². The Morgan fingerprint density at radius 3 is 1.91 bits per heavy atom. The third-order valence-corrected chi connectivity index (χ3v) is 9.60. The second-order valence-electron chi connectivity index (χ2n) is 11.7. The van der Waals surface area contributed by atoms with E-state index < -0.39 is 5.41 Å². The number of hydrogen-bond acceptors (Lipinski definition) is 2. The number of para-hydroxylation sites is 3. The second-order valence-corrected chi connectivity index (χ2v) is 11.7. The van der Waals surface area contributed by atoms with E-state index in [1.807, 2.05) is 6.07 Å². The summed E-state index contributed by atoms with van der Waals surface area (Å²) in [6.07, 6.45) is 0. The minimum atomic E-state index is -0.604. The van der Waals surface area contributed by atoms with Gasteiger partial charge in [0.15, 0.2) is 5.82 Å². The number of nitrogens with zero attached hydrogens (tertiary/aromatic N) is 3. The first-order chi connectivity index (χ1) is 21.9. The van der Waals surface area contributed by atoms with Gasteiger partial charge in [-0.2, -0.15) is 0 Å². The highest BCUT2D eigenvalue weighted by Crippen LogP contribution is 2.62. The van der Waals surface area contributed by atoms with E-state index in [1.165, 1.54) is 44.2 Å². The lowest BCUT2D eigenvalue weighted by Gasteiger charge is -2.40. The first-order valence-corrected chi connectivity index (χ1v) is 15.1. The Morgan fingerprint density at radius 1 is 0.455 bits per heavy atom. The van der Waals surface area contributed by atoms with Crippen molar-refractivity contribution in [1.29, 1.82) is 0 Å². The number of aromatic nitrogens is 3. The van der Waals surface area contributed by atoms with Gasteiger partial charge in [-0.25, -0.2) is 9.97 Å². The van der Waals surface area contributed by atoms with Crippen LogP contribution in [0.5, 0.6) is 0 Å². The van der Waals surface area contributed by atoms with E-state index in [-0.39, 0.29) is 0 Å². The summed E-state index contributed by atoms with van der Waals surface area (Å²) in [5, 5.41) is 2.53. The van der Waals surface area contributed by atoms with Gasteiger partial charge in [0.05, 0.1) is 33.5 Å². The maximum atomic E-state index is 5.44. The predicted molar refractivity (Wildman–Crippen MR) is 178 cm³/mol. The first-order valence-electron chi connectivity index (χ1n) is 15.1. The van der Waals surface area contributed by atoms with Gasteiger partial charge in [0.25, 0.3) is 0 Å². The number of rotatable bonds is 2. The molecule has 44 heavy (non-hydrogen) atoms. The molecule has 1 aliphatic heterocycles. The fraction of sp³-hybridized carbons (Fsp3) is 0.0244. The van der Waals surface area contributed by atoms with Gasteiger partial charge in [-0.3, -0.25) is 0 Å². The molecule has 204 valence electrons. The summed E-state index contributed by atoms with van der Waals surface area (Å²) in [7, 11) is 0. The fourth-order valence-corrected chi connectivity index (χ4v) is 7.95. The average molecular weight is 560 g/mol. The highest BCUT2D eigenvalue weighted by atomic mass is 15.0. The minimum Gasteiger partial charge on any atom is -0.309 e. The molecule has 3 heterocycles. The summed E-state index contributed by atoms with van der Waals surface area (Å²) >= 11 is 0. The molecule has 0 saturated heterocycles. The third kappa shape index (κ3) is 2.86. The van der Waals surface area contributed by atoms with E-state index in [2.05, 4.69) is 150 Å². The molecular weight excluding hydrogens is 534 g/mol. The topological polar surface area (TPSA) is 30.7 Å². The molecule has 1 aliphatic carbocycles. The largest absolute Gasteiger partial charge is 0.309 e. The van der Waals surface area contributed by atoms with Crippen molar-refractivity contribution in [3.8, 4) is 39.6 Å². The van der Waals surface area contributed by atoms with Gasteiger partial charge in [-0.1, -0.05) is 140 Å². The van der Waals surface area contributed by atoms with Gasteiger partial charge in [0.2, 0.25) is 0 Å². The fourth-order valence-electron chi connectivity index (χ4n) is 7.95. The molecule has 0 bridgehead atoms. The van der Waals surface area contributed by atoms with Crippen LogP contribution in [0.1, 0.15) is 22.3 Å². The summed E-state index contributed by atoms with van der Waals surface area (Å²) in [6, 6.07) is 54.4. The third-order valence-electron chi connectivity index (χ3n) is 9.60. The van der Waals surface area contributed by atoms with Crippen molar-refractivity contribution < 1.29 is 0 Å². The van der Waals surface area contributed by atoms with Crippen molar-refractivity contribution in [1.82, 2.24) is 14.5 Å². The molecule has 2 aromatic heterocycles. The van der Waals surface area contributed by atoms with Crippen molar-refractivity contribution in [3.05, 3.63) is 174 Å². The summed E-state index contributed by atoms with van der Waals surface area (Å²) in [5.74, 6) is 0.742. The van der Waals surface area contributed by atoms with Crippen LogP contribution in [0, 0.1) is 0 Å². The van der Waals surface area contributed by atoms with Crippen molar-refractivity contribution >= 4 is 21.8 Å². The molecule has 0 saturated carbocycles. The zero-order chi connectivity index (χ0) is 28.8. The zero-order valence-electron chi connectivity index (χ0n) is 23.8.